The molecule has 1 fully saturated rings. The van der Waals surface area contributed by atoms with Crippen molar-refractivity contribution in [3.8, 4) is 0 Å². The third-order valence-corrected chi connectivity index (χ3v) is 6.01. The first-order chi connectivity index (χ1) is 13.9. The zero-order valence-corrected chi connectivity index (χ0v) is 18.6. The average Bonchev–Trinajstić information content (AvgIpc) is 2.74. The predicted octanol–water partition coefficient (Wildman–Crippen LogP) is 3.20. The molecule has 1 aliphatic rings. The molecule has 6 nitrogen and oxygen atoms in total. The van der Waals surface area contributed by atoms with Gasteiger partial charge in [-0.2, -0.15) is 0 Å². The molecule has 2 heterocycles. The molecule has 0 spiro atoms. The highest BCUT2D eigenvalue weighted by Gasteiger charge is 2.16. The van der Waals surface area contributed by atoms with Crippen LogP contribution in [0.3, 0.4) is 0 Å². The number of nitrogens with two attached hydrogens (primary N) is 1. The lowest BCUT2D eigenvalue weighted by Crippen LogP contribution is -2.43. The van der Waals surface area contributed by atoms with Crippen LogP contribution in [0, 0.1) is 0 Å². The smallest absolute Gasteiger partial charge is 0.134 e. The highest BCUT2D eigenvalue weighted by atomic mass is 15.2. The fourth-order valence-corrected chi connectivity index (χ4v) is 3.86. The summed E-state index contributed by atoms with van der Waals surface area (Å²) in [5.74, 6) is 0.913. The fraction of sp³-hybridized carbons (Fsp3) is 0.522. The summed E-state index contributed by atoms with van der Waals surface area (Å²) in [5, 5.41) is 0. The van der Waals surface area contributed by atoms with E-state index in [1.54, 1.807) is 6.20 Å². The fourth-order valence-electron chi connectivity index (χ4n) is 3.86. The van der Waals surface area contributed by atoms with E-state index in [-0.39, 0.29) is 0 Å². The Bertz CT molecular complexity index is 813. The van der Waals surface area contributed by atoms with Gasteiger partial charge in [0.15, 0.2) is 0 Å². The molecule has 0 saturated carbocycles. The van der Waals surface area contributed by atoms with Crippen molar-refractivity contribution in [2.75, 3.05) is 69.4 Å². The molecule has 0 unspecified atom stereocenters. The largest absolute Gasteiger partial charge is 0.396 e. The zero-order valence-electron chi connectivity index (χ0n) is 18.6. The van der Waals surface area contributed by atoms with E-state index in [2.05, 4.69) is 83.8 Å². The molecule has 0 radical (unpaired) electrons. The molecule has 158 valence electrons. The van der Waals surface area contributed by atoms with Gasteiger partial charge in [-0.25, -0.2) is 4.98 Å². The van der Waals surface area contributed by atoms with E-state index in [1.807, 2.05) is 0 Å². The molecule has 1 aromatic heterocycles. The number of aromatic nitrogens is 1. The van der Waals surface area contributed by atoms with Crippen molar-refractivity contribution in [3.63, 3.8) is 0 Å². The Balaban J connectivity index is 1.81. The van der Waals surface area contributed by atoms with Gasteiger partial charge in [-0.05, 0) is 37.6 Å². The van der Waals surface area contributed by atoms with Crippen molar-refractivity contribution in [3.05, 3.63) is 41.6 Å². The Morgan fingerprint density at radius 3 is 2.41 bits per heavy atom. The monoisotopic (exact) mass is 396 g/mol. The number of nitrogens with zero attached hydrogens (tertiary/aromatic N) is 5. The normalized spacial score (nSPS) is 15.5. The molecule has 1 aliphatic heterocycles. The van der Waals surface area contributed by atoms with Crippen LogP contribution in [0.25, 0.3) is 0 Å². The van der Waals surface area contributed by atoms with Crippen molar-refractivity contribution >= 4 is 22.9 Å². The molecule has 29 heavy (non-hydrogen) atoms. The van der Waals surface area contributed by atoms with Gasteiger partial charge >= 0.3 is 0 Å². The van der Waals surface area contributed by atoms with Crippen molar-refractivity contribution in [2.24, 2.45) is 0 Å². The summed E-state index contributed by atoms with van der Waals surface area (Å²) >= 11 is 0. The number of hydrogen-bond acceptors (Lipinski definition) is 6. The van der Waals surface area contributed by atoms with Gasteiger partial charge in [0.25, 0.3) is 0 Å². The van der Waals surface area contributed by atoms with Gasteiger partial charge in [-0.1, -0.05) is 19.1 Å². The number of rotatable bonds is 7. The van der Waals surface area contributed by atoms with E-state index in [9.17, 15) is 0 Å². The van der Waals surface area contributed by atoms with Crippen LogP contribution in [0.1, 0.15) is 25.0 Å². The zero-order chi connectivity index (χ0) is 21.0. The number of benzene rings is 1. The van der Waals surface area contributed by atoms with Gasteiger partial charge in [0.1, 0.15) is 5.82 Å². The van der Waals surface area contributed by atoms with Crippen LogP contribution >= 0.6 is 0 Å². The molecule has 0 amide bonds. The van der Waals surface area contributed by atoms with Gasteiger partial charge in [0.05, 0.1) is 17.6 Å². The van der Waals surface area contributed by atoms with Crippen LogP contribution in [0.2, 0.25) is 0 Å². The molecule has 0 bridgehead atoms. The lowest BCUT2D eigenvalue weighted by Gasteiger charge is -2.32. The first-order valence-corrected chi connectivity index (χ1v) is 10.7. The minimum atomic E-state index is 0.713. The molecule has 1 saturated heterocycles. The van der Waals surface area contributed by atoms with Crippen LogP contribution in [0.15, 0.2) is 30.5 Å². The Morgan fingerprint density at radius 2 is 1.76 bits per heavy atom. The first kappa shape index (κ1) is 21.4. The van der Waals surface area contributed by atoms with E-state index < -0.39 is 0 Å². The highest BCUT2D eigenvalue weighted by molar-refractivity contribution is 5.73. The van der Waals surface area contributed by atoms with Crippen LogP contribution < -0.4 is 15.5 Å². The number of nitrogen functional groups attached to an aromatic ring is 1. The third-order valence-electron chi connectivity index (χ3n) is 6.01. The van der Waals surface area contributed by atoms with Crippen molar-refractivity contribution in [1.82, 2.24) is 14.8 Å². The van der Waals surface area contributed by atoms with Gasteiger partial charge in [-0.15, -0.1) is 0 Å². The van der Waals surface area contributed by atoms with Gasteiger partial charge < -0.3 is 20.4 Å². The van der Waals surface area contributed by atoms with E-state index in [0.29, 0.717) is 5.69 Å². The van der Waals surface area contributed by atoms with Gasteiger partial charge in [0, 0.05) is 65.1 Å². The molecular formula is C23H36N6. The second-order valence-electron chi connectivity index (χ2n) is 8.07. The SMILES string of the molecule is CCc1cc(CN2CCN(C)CC2)ccc1N(C)c1cc(N(C)CC)c(N)cn1. The van der Waals surface area contributed by atoms with E-state index in [1.165, 1.54) is 16.8 Å². The molecular weight excluding hydrogens is 360 g/mol. The Labute approximate surface area is 175 Å². The second-order valence-corrected chi connectivity index (χ2v) is 8.07. The summed E-state index contributed by atoms with van der Waals surface area (Å²) in [6.45, 7) is 10.9. The first-order valence-electron chi connectivity index (χ1n) is 10.7. The maximum Gasteiger partial charge on any atom is 0.134 e. The number of likely N-dealkylation sites (N-methyl/N-ethyl adjacent to an activating group) is 1. The molecule has 1 aromatic carbocycles. The van der Waals surface area contributed by atoms with Crippen LogP contribution in [0.4, 0.5) is 22.9 Å². The molecule has 2 N–H and O–H groups in total. The van der Waals surface area contributed by atoms with E-state index in [4.69, 9.17) is 5.73 Å². The number of anilines is 4. The Hall–Kier alpha value is -2.31. The summed E-state index contributed by atoms with van der Waals surface area (Å²) in [7, 11) is 6.34. The van der Waals surface area contributed by atoms with Gasteiger partial charge in [-0.3, -0.25) is 4.90 Å². The molecule has 3 rings (SSSR count). The number of piperazine rings is 1. The summed E-state index contributed by atoms with van der Waals surface area (Å²) in [5.41, 5.74) is 11.8. The summed E-state index contributed by atoms with van der Waals surface area (Å²) in [6.07, 6.45) is 2.76. The number of hydrogen-bond donors (Lipinski definition) is 1. The predicted molar refractivity (Wildman–Crippen MR) is 124 cm³/mol. The van der Waals surface area contributed by atoms with E-state index in [0.717, 1.165) is 57.2 Å². The van der Waals surface area contributed by atoms with E-state index >= 15 is 0 Å². The number of pyridine rings is 1. The van der Waals surface area contributed by atoms with Crippen molar-refractivity contribution < 1.29 is 0 Å². The lowest BCUT2D eigenvalue weighted by molar-refractivity contribution is 0.148. The third kappa shape index (κ3) is 5.00. The lowest BCUT2D eigenvalue weighted by atomic mass is 10.0. The summed E-state index contributed by atoms with van der Waals surface area (Å²) in [4.78, 5) is 13.9. The van der Waals surface area contributed by atoms with Crippen LogP contribution in [0.5, 0.6) is 0 Å². The number of aryl methyl sites for hydroxylation is 1. The topological polar surface area (TPSA) is 51.9 Å². The van der Waals surface area contributed by atoms with Crippen LogP contribution in [-0.2, 0) is 13.0 Å². The Morgan fingerprint density at radius 1 is 1.03 bits per heavy atom. The van der Waals surface area contributed by atoms with Crippen molar-refractivity contribution in [1.29, 1.82) is 0 Å². The minimum absolute atomic E-state index is 0.713. The standard InChI is InChI=1S/C23H36N6/c1-6-19-14-18(17-29-12-10-26(3)11-13-29)8-9-21(19)28(5)23-15-22(27(4)7-2)20(24)16-25-23/h8-9,14-16H,6-7,10-13,17,24H2,1-5H3. The summed E-state index contributed by atoms with van der Waals surface area (Å²) in [6, 6.07) is 8.95. The maximum absolute atomic E-state index is 6.15. The maximum atomic E-state index is 6.15. The quantitative estimate of drug-likeness (QED) is 0.776. The molecule has 6 heteroatoms. The molecule has 2 aromatic rings. The Kier molecular flexibility index (Phi) is 6.98. The second kappa shape index (κ2) is 9.46. The molecule has 0 aliphatic carbocycles. The average molecular weight is 397 g/mol. The summed E-state index contributed by atoms with van der Waals surface area (Å²) < 4.78 is 0. The van der Waals surface area contributed by atoms with Crippen LogP contribution in [-0.4, -0.2) is 68.7 Å². The van der Waals surface area contributed by atoms with Crippen molar-refractivity contribution in [2.45, 2.75) is 26.8 Å². The minimum Gasteiger partial charge on any atom is -0.396 e. The molecule has 0 atom stereocenters. The highest BCUT2D eigenvalue weighted by Crippen LogP contribution is 2.31. The van der Waals surface area contributed by atoms with Gasteiger partial charge in [0.2, 0.25) is 0 Å².